The van der Waals surface area contributed by atoms with Crippen molar-refractivity contribution in [2.45, 2.75) is 32.1 Å². The highest BCUT2D eigenvalue weighted by Gasteiger charge is 2.27. The molecule has 2 heterocycles. The molecule has 152 valence electrons. The van der Waals surface area contributed by atoms with Gasteiger partial charge in [0.05, 0.1) is 13.7 Å². The van der Waals surface area contributed by atoms with Gasteiger partial charge in [0, 0.05) is 30.0 Å². The Morgan fingerprint density at radius 2 is 1.90 bits per heavy atom. The lowest BCUT2D eigenvalue weighted by Gasteiger charge is -2.15. The zero-order chi connectivity index (χ0) is 20.1. The number of methoxy groups -OCH3 is 1. The summed E-state index contributed by atoms with van der Waals surface area (Å²) >= 11 is 0. The monoisotopic (exact) mass is 392 g/mol. The Bertz CT molecular complexity index is 886. The molecule has 4 rings (SSSR count). The Kier molecular flexibility index (Phi) is 6.25. The number of likely N-dealkylation sites (tertiary alicyclic amines) is 1. The zero-order valence-corrected chi connectivity index (χ0v) is 17.0. The van der Waals surface area contributed by atoms with Crippen molar-refractivity contribution < 1.29 is 14.3 Å². The van der Waals surface area contributed by atoms with Crippen LogP contribution in [0, 0.1) is 0 Å². The molecule has 0 radical (unpaired) electrons. The van der Waals surface area contributed by atoms with E-state index in [-0.39, 0.29) is 5.78 Å². The van der Waals surface area contributed by atoms with Gasteiger partial charge in [0.2, 0.25) is 0 Å². The topological polar surface area (TPSA) is 51.7 Å². The highest BCUT2D eigenvalue weighted by Crippen LogP contribution is 2.37. The quantitative estimate of drug-likeness (QED) is 0.499. The Labute approximate surface area is 172 Å². The Hall–Kier alpha value is -2.66. The van der Waals surface area contributed by atoms with Crippen molar-refractivity contribution in [3.8, 4) is 11.5 Å². The number of nitrogens with zero attached hydrogens (tertiary/aromatic N) is 2. The molecule has 29 heavy (non-hydrogen) atoms. The minimum atomic E-state index is 0.0679. The number of ketones is 1. The highest BCUT2D eigenvalue weighted by atomic mass is 16.5. The summed E-state index contributed by atoms with van der Waals surface area (Å²) in [5, 5.41) is 0. The summed E-state index contributed by atoms with van der Waals surface area (Å²) in [6, 6.07) is 7.60. The molecule has 0 atom stereocenters. The van der Waals surface area contributed by atoms with E-state index in [2.05, 4.69) is 9.88 Å². The van der Waals surface area contributed by atoms with Gasteiger partial charge in [-0.25, -0.2) is 0 Å². The van der Waals surface area contributed by atoms with Crippen LogP contribution in [0.2, 0.25) is 0 Å². The van der Waals surface area contributed by atoms with Gasteiger partial charge in [0.15, 0.2) is 17.3 Å². The summed E-state index contributed by atoms with van der Waals surface area (Å²) in [4.78, 5) is 19.4. The van der Waals surface area contributed by atoms with Gasteiger partial charge in [0.25, 0.3) is 0 Å². The average molecular weight is 392 g/mol. The molecule has 1 fully saturated rings. The average Bonchev–Trinajstić information content (AvgIpc) is 3.36. The van der Waals surface area contributed by atoms with Crippen LogP contribution in [0.1, 0.15) is 47.2 Å². The van der Waals surface area contributed by atoms with Crippen LogP contribution in [-0.2, 0) is 6.42 Å². The Morgan fingerprint density at radius 1 is 1.10 bits per heavy atom. The summed E-state index contributed by atoms with van der Waals surface area (Å²) in [5.41, 5.74) is 3.49. The maximum Gasteiger partial charge on any atom is 0.189 e. The number of allylic oxidation sites excluding steroid dienone is 1. The van der Waals surface area contributed by atoms with Crippen molar-refractivity contribution in [1.29, 1.82) is 0 Å². The lowest BCUT2D eigenvalue weighted by atomic mass is 10.1. The van der Waals surface area contributed by atoms with Crippen LogP contribution in [0.15, 0.2) is 42.2 Å². The molecular formula is C24H28N2O3. The summed E-state index contributed by atoms with van der Waals surface area (Å²) < 4.78 is 11.5. The Morgan fingerprint density at radius 3 is 2.66 bits per heavy atom. The predicted octanol–water partition coefficient (Wildman–Crippen LogP) is 4.17. The molecule has 1 aromatic carbocycles. The first-order chi connectivity index (χ1) is 14.2. The van der Waals surface area contributed by atoms with Crippen LogP contribution in [-0.4, -0.2) is 49.0 Å². The number of rotatable bonds is 8. The van der Waals surface area contributed by atoms with Crippen LogP contribution in [0.3, 0.4) is 0 Å². The third-order valence-electron chi connectivity index (χ3n) is 5.68. The summed E-state index contributed by atoms with van der Waals surface area (Å²) in [5.74, 6) is 1.42. The van der Waals surface area contributed by atoms with Crippen LogP contribution >= 0.6 is 0 Å². The Balaban J connectivity index is 1.40. The third-order valence-corrected chi connectivity index (χ3v) is 5.68. The van der Waals surface area contributed by atoms with Gasteiger partial charge in [0.1, 0.15) is 0 Å². The van der Waals surface area contributed by atoms with Crippen LogP contribution in [0.5, 0.6) is 11.5 Å². The van der Waals surface area contributed by atoms with Gasteiger partial charge >= 0.3 is 0 Å². The lowest BCUT2D eigenvalue weighted by molar-refractivity contribution is 0.104. The number of benzene rings is 1. The van der Waals surface area contributed by atoms with Crippen molar-refractivity contribution in [2.75, 3.05) is 33.4 Å². The SMILES string of the molecule is COc1cc2c(cc1OCCCCN1CCCC1)C(=O)/C(=C\c1ccncc1)C2. The van der Waals surface area contributed by atoms with Crippen molar-refractivity contribution in [1.82, 2.24) is 9.88 Å². The van der Waals surface area contributed by atoms with Gasteiger partial charge < -0.3 is 14.4 Å². The fraction of sp³-hybridized carbons (Fsp3) is 0.417. The van der Waals surface area contributed by atoms with Gasteiger partial charge in [-0.05, 0) is 86.8 Å². The van der Waals surface area contributed by atoms with Crippen molar-refractivity contribution in [3.05, 3.63) is 58.9 Å². The van der Waals surface area contributed by atoms with Crippen LogP contribution in [0.25, 0.3) is 6.08 Å². The van der Waals surface area contributed by atoms with E-state index in [1.54, 1.807) is 19.5 Å². The molecule has 0 spiro atoms. The van der Waals surface area contributed by atoms with Gasteiger partial charge in [-0.15, -0.1) is 0 Å². The number of Topliss-reactive ketones (excluding diaryl/α,β-unsaturated/α-hetero) is 1. The maximum atomic E-state index is 12.9. The van der Waals surface area contributed by atoms with E-state index < -0.39 is 0 Å². The molecule has 0 saturated carbocycles. The number of hydrogen-bond acceptors (Lipinski definition) is 5. The van der Waals surface area contributed by atoms with Gasteiger partial charge in [-0.2, -0.15) is 0 Å². The zero-order valence-electron chi connectivity index (χ0n) is 17.0. The standard InChI is InChI=1S/C24H28N2O3/c1-28-22-16-19-15-20(14-18-6-8-25-9-7-18)24(27)21(19)17-23(22)29-13-5-4-12-26-10-2-3-11-26/h6-9,14,16-17H,2-5,10-13,15H2,1H3/b20-14-. The van der Waals surface area contributed by atoms with E-state index in [9.17, 15) is 4.79 Å². The minimum absolute atomic E-state index is 0.0679. The number of fused-ring (bicyclic) bond motifs is 1. The van der Waals surface area contributed by atoms with E-state index >= 15 is 0 Å². The van der Waals surface area contributed by atoms with Crippen molar-refractivity contribution in [2.24, 2.45) is 0 Å². The molecule has 1 aromatic heterocycles. The molecule has 0 amide bonds. The van der Waals surface area contributed by atoms with Gasteiger partial charge in [-0.1, -0.05) is 0 Å². The fourth-order valence-electron chi connectivity index (χ4n) is 4.09. The predicted molar refractivity (Wildman–Crippen MR) is 114 cm³/mol. The van der Waals surface area contributed by atoms with Crippen LogP contribution in [0.4, 0.5) is 0 Å². The number of unbranched alkanes of at least 4 members (excludes halogenated alkanes) is 1. The minimum Gasteiger partial charge on any atom is -0.493 e. The molecule has 0 bridgehead atoms. The molecule has 0 N–H and O–H groups in total. The normalized spacial score (nSPS) is 17.7. The van der Waals surface area contributed by atoms with Crippen molar-refractivity contribution in [3.63, 3.8) is 0 Å². The number of hydrogen-bond donors (Lipinski definition) is 0. The van der Waals surface area contributed by atoms with E-state index in [0.29, 0.717) is 24.5 Å². The number of ether oxygens (including phenoxy) is 2. The molecule has 1 aliphatic carbocycles. The number of pyridine rings is 1. The molecular weight excluding hydrogens is 364 g/mol. The number of carbonyl (C=O) groups excluding carboxylic acids is 1. The van der Waals surface area contributed by atoms with E-state index in [4.69, 9.17) is 9.47 Å². The van der Waals surface area contributed by atoms with Crippen molar-refractivity contribution >= 4 is 11.9 Å². The van der Waals surface area contributed by atoms with Gasteiger partial charge in [-0.3, -0.25) is 9.78 Å². The van der Waals surface area contributed by atoms with E-state index in [1.165, 1.54) is 25.9 Å². The smallest absolute Gasteiger partial charge is 0.189 e. The van der Waals surface area contributed by atoms with E-state index in [1.807, 2.05) is 30.3 Å². The summed E-state index contributed by atoms with van der Waals surface area (Å²) in [6.07, 6.45) is 10.8. The van der Waals surface area contributed by atoms with E-state index in [0.717, 1.165) is 41.6 Å². The fourth-order valence-corrected chi connectivity index (χ4v) is 4.09. The second kappa shape index (κ2) is 9.23. The molecule has 1 aliphatic heterocycles. The number of aromatic nitrogens is 1. The molecule has 2 aliphatic rings. The molecule has 1 saturated heterocycles. The molecule has 0 unspecified atom stereocenters. The third kappa shape index (κ3) is 4.67. The highest BCUT2D eigenvalue weighted by molar-refractivity contribution is 6.15. The molecule has 5 heteroatoms. The summed E-state index contributed by atoms with van der Waals surface area (Å²) in [6.45, 7) is 4.25. The second-order valence-corrected chi connectivity index (χ2v) is 7.72. The summed E-state index contributed by atoms with van der Waals surface area (Å²) in [7, 11) is 1.65. The molecule has 5 nitrogen and oxygen atoms in total. The second-order valence-electron chi connectivity index (χ2n) is 7.72. The van der Waals surface area contributed by atoms with Crippen LogP contribution < -0.4 is 9.47 Å². The largest absolute Gasteiger partial charge is 0.493 e. The number of carbonyl (C=O) groups is 1. The first-order valence-corrected chi connectivity index (χ1v) is 10.5. The first kappa shape index (κ1) is 19.6. The maximum absolute atomic E-state index is 12.9. The first-order valence-electron chi connectivity index (χ1n) is 10.5. The lowest BCUT2D eigenvalue weighted by Crippen LogP contribution is -2.20. The molecule has 2 aromatic rings.